The van der Waals surface area contributed by atoms with Crippen molar-refractivity contribution >= 4 is 5.78 Å². The van der Waals surface area contributed by atoms with Gasteiger partial charge in [0.05, 0.1) is 5.56 Å². The molecule has 0 heterocycles. The van der Waals surface area contributed by atoms with Crippen LogP contribution >= 0.6 is 0 Å². The number of hydrogen-bond donors (Lipinski definition) is 0. The quantitative estimate of drug-likeness (QED) is 0.569. The van der Waals surface area contributed by atoms with Crippen LogP contribution in [0.2, 0.25) is 0 Å². The van der Waals surface area contributed by atoms with Crippen LogP contribution in [0.4, 0.5) is 22.0 Å². The van der Waals surface area contributed by atoms with Crippen molar-refractivity contribution in [2.24, 2.45) is 0 Å². The van der Waals surface area contributed by atoms with Crippen LogP contribution in [0.15, 0.2) is 18.2 Å². The van der Waals surface area contributed by atoms with Crippen LogP contribution < -0.4 is 0 Å². The van der Waals surface area contributed by atoms with Crippen LogP contribution in [-0.4, -0.2) is 12.2 Å². The Balaban J connectivity index is 3.15. The van der Waals surface area contributed by atoms with Gasteiger partial charge in [0.15, 0.2) is 0 Å². The van der Waals surface area contributed by atoms with Crippen LogP contribution in [0.3, 0.4) is 0 Å². The molecule has 6 heteroatoms. The predicted molar refractivity (Wildman–Crippen MR) is 46.5 cm³/mol. The van der Waals surface area contributed by atoms with Crippen molar-refractivity contribution in [1.82, 2.24) is 0 Å². The van der Waals surface area contributed by atoms with Gasteiger partial charge >= 0.3 is 12.6 Å². The van der Waals surface area contributed by atoms with Crippen LogP contribution in [0.1, 0.15) is 21.5 Å². The molecule has 0 amide bonds. The first-order valence-corrected chi connectivity index (χ1v) is 4.23. The maximum absolute atomic E-state index is 12.3. The number of Topliss-reactive ketones (excluding diaryl/α,β-unsaturated/α-hetero) is 1. The van der Waals surface area contributed by atoms with Gasteiger partial charge in [-0.2, -0.15) is 13.2 Å². The van der Waals surface area contributed by atoms with E-state index in [-0.39, 0.29) is 5.56 Å². The maximum Gasteiger partial charge on any atom is 0.416 e. The monoisotopic (exact) mass is 238 g/mol. The molecule has 1 aromatic rings. The lowest BCUT2D eigenvalue weighted by atomic mass is 10.0. The van der Waals surface area contributed by atoms with E-state index >= 15 is 0 Å². The second kappa shape index (κ2) is 4.19. The number of hydrogen-bond acceptors (Lipinski definition) is 1. The summed E-state index contributed by atoms with van der Waals surface area (Å²) in [5.74, 6) is -1.48. The molecule has 1 aromatic carbocycles. The summed E-state index contributed by atoms with van der Waals surface area (Å²) < 4.78 is 60.9. The van der Waals surface area contributed by atoms with Crippen molar-refractivity contribution in [1.29, 1.82) is 0 Å². The van der Waals surface area contributed by atoms with E-state index in [4.69, 9.17) is 0 Å². The van der Waals surface area contributed by atoms with Gasteiger partial charge in [-0.1, -0.05) is 6.07 Å². The largest absolute Gasteiger partial charge is 0.416 e. The fourth-order valence-electron chi connectivity index (χ4n) is 1.26. The number of carbonyl (C=O) groups excluding carboxylic acids is 1. The summed E-state index contributed by atoms with van der Waals surface area (Å²) in [6.45, 7) is 1.12. The van der Waals surface area contributed by atoms with Crippen LogP contribution in [0, 0.1) is 6.92 Å². The second-order valence-electron chi connectivity index (χ2n) is 3.19. The van der Waals surface area contributed by atoms with E-state index < -0.39 is 29.5 Å². The summed E-state index contributed by atoms with van der Waals surface area (Å²) in [4.78, 5) is 10.8. The van der Waals surface area contributed by atoms with Gasteiger partial charge in [0, 0.05) is 5.56 Å². The number of ketones is 1. The third-order valence-corrected chi connectivity index (χ3v) is 2.01. The molecule has 16 heavy (non-hydrogen) atoms. The molecule has 0 aliphatic heterocycles. The minimum atomic E-state index is -4.55. The number of halogens is 5. The van der Waals surface area contributed by atoms with E-state index in [1.165, 1.54) is 0 Å². The van der Waals surface area contributed by atoms with Crippen molar-refractivity contribution in [3.63, 3.8) is 0 Å². The lowest BCUT2D eigenvalue weighted by Gasteiger charge is -2.10. The highest BCUT2D eigenvalue weighted by atomic mass is 19.4. The molecule has 0 bridgehead atoms. The average Bonchev–Trinajstić information content (AvgIpc) is 2.14. The standard InChI is InChI=1S/C10H7F5O/c1-5-4-6(8(16)9(11)12)2-3-7(5)10(13,14)15/h2-4,9H,1H3. The molecule has 0 spiro atoms. The summed E-state index contributed by atoms with van der Waals surface area (Å²) >= 11 is 0. The fraction of sp³-hybridized carbons (Fsp3) is 0.300. The van der Waals surface area contributed by atoms with E-state index in [2.05, 4.69) is 0 Å². The zero-order chi connectivity index (χ0) is 12.5. The molecule has 0 N–H and O–H groups in total. The van der Waals surface area contributed by atoms with E-state index in [0.29, 0.717) is 6.07 Å². The molecule has 88 valence electrons. The minimum Gasteiger partial charge on any atom is -0.288 e. The van der Waals surface area contributed by atoms with Crippen molar-refractivity contribution in [2.75, 3.05) is 0 Å². The molecule has 0 atom stereocenters. The highest BCUT2D eigenvalue weighted by molar-refractivity contribution is 5.98. The highest BCUT2D eigenvalue weighted by Gasteiger charge is 2.32. The van der Waals surface area contributed by atoms with Gasteiger partial charge in [-0.05, 0) is 24.6 Å². The first kappa shape index (κ1) is 12.6. The zero-order valence-electron chi connectivity index (χ0n) is 8.11. The van der Waals surface area contributed by atoms with E-state index in [0.717, 1.165) is 19.1 Å². The average molecular weight is 238 g/mol. The highest BCUT2D eigenvalue weighted by Crippen LogP contribution is 2.32. The van der Waals surface area contributed by atoms with E-state index in [1.807, 2.05) is 0 Å². The van der Waals surface area contributed by atoms with Crippen molar-refractivity contribution in [3.8, 4) is 0 Å². The Labute approximate surface area is 87.9 Å². The summed E-state index contributed by atoms with van der Waals surface area (Å²) in [6.07, 6.45) is -7.76. The Morgan fingerprint density at radius 3 is 2.19 bits per heavy atom. The molecular weight excluding hydrogens is 231 g/mol. The molecule has 0 radical (unpaired) electrons. The predicted octanol–water partition coefficient (Wildman–Crippen LogP) is 3.46. The van der Waals surface area contributed by atoms with Crippen LogP contribution in [0.5, 0.6) is 0 Å². The molecule has 1 rings (SSSR count). The first-order chi connectivity index (χ1) is 7.23. The summed E-state index contributed by atoms with van der Waals surface area (Å²) in [6, 6.07) is 2.20. The van der Waals surface area contributed by atoms with Gasteiger partial charge in [0.2, 0.25) is 5.78 Å². The summed E-state index contributed by atoms with van der Waals surface area (Å²) in [5.41, 5.74) is -1.60. The Kier molecular flexibility index (Phi) is 3.30. The summed E-state index contributed by atoms with van der Waals surface area (Å²) in [5, 5.41) is 0. The molecule has 0 aliphatic carbocycles. The molecule has 0 aliphatic rings. The Morgan fingerprint density at radius 2 is 1.81 bits per heavy atom. The molecule has 0 saturated heterocycles. The first-order valence-electron chi connectivity index (χ1n) is 4.23. The van der Waals surface area contributed by atoms with Crippen molar-refractivity contribution < 1.29 is 26.7 Å². The lowest BCUT2D eigenvalue weighted by Crippen LogP contribution is -2.13. The fourth-order valence-corrected chi connectivity index (χ4v) is 1.26. The molecular formula is C10H7F5O. The number of alkyl halides is 5. The topological polar surface area (TPSA) is 17.1 Å². The lowest BCUT2D eigenvalue weighted by molar-refractivity contribution is -0.138. The Hall–Kier alpha value is -1.46. The van der Waals surface area contributed by atoms with E-state index in [9.17, 15) is 26.7 Å². The Bertz CT molecular complexity index is 408. The molecule has 0 aromatic heterocycles. The van der Waals surface area contributed by atoms with Gasteiger partial charge in [-0.25, -0.2) is 8.78 Å². The van der Waals surface area contributed by atoms with Crippen molar-refractivity contribution in [3.05, 3.63) is 34.9 Å². The molecule has 0 fully saturated rings. The molecule has 1 nitrogen and oxygen atoms in total. The molecule has 0 saturated carbocycles. The van der Waals surface area contributed by atoms with Gasteiger partial charge in [-0.15, -0.1) is 0 Å². The van der Waals surface area contributed by atoms with E-state index in [1.54, 1.807) is 0 Å². The van der Waals surface area contributed by atoms with Gasteiger partial charge < -0.3 is 0 Å². The third-order valence-electron chi connectivity index (χ3n) is 2.01. The Morgan fingerprint density at radius 1 is 1.25 bits per heavy atom. The number of benzene rings is 1. The smallest absolute Gasteiger partial charge is 0.288 e. The number of carbonyl (C=O) groups is 1. The number of aryl methyl sites for hydroxylation is 1. The zero-order valence-corrected chi connectivity index (χ0v) is 8.11. The minimum absolute atomic E-state index is 0.251. The normalized spacial score (nSPS) is 11.9. The van der Waals surface area contributed by atoms with Crippen LogP contribution in [0.25, 0.3) is 0 Å². The molecule has 0 unspecified atom stereocenters. The van der Waals surface area contributed by atoms with Gasteiger partial charge in [0.25, 0.3) is 0 Å². The summed E-state index contributed by atoms with van der Waals surface area (Å²) in [7, 11) is 0. The van der Waals surface area contributed by atoms with Crippen LogP contribution in [-0.2, 0) is 6.18 Å². The SMILES string of the molecule is Cc1cc(C(=O)C(F)F)ccc1C(F)(F)F. The third kappa shape index (κ3) is 2.56. The second-order valence-corrected chi connectivity index (χ2v) is 3.19. The van der Waals surface area contributed by atoms with Gasteiger partial charge in [0.1, 0.15) is 0 Å². The number of rotatable bonds is 2. The van der Waals surface area contributed by atoms with Crippen molar-refractivity contribution in [2.45, 2.75) is 19.5 Å². The maximum atomic E-state index is 12.3. The van der Waals surface area contributed by atoms with Gasteiger partial charge in [-0.3, -0.25) is 4.79 Å².